The zero-order chi connectivity index (χ0) is 13.6. The summed E-state index contributed by atoms with van der Waals surface area (Å²) in [6, 6.07) is 0.316. The van der Waals surface area contributed by atoms with Gasteiger partial charge >= 0.3 is 0 Å². The molecule has 1 amide bonds. The van der Waals surface area contributed by atoms with Crippen molar-refractivity contribution >= 4 is 5.91 Å². The Bertz CT molecular complexity index is 261. The molecule has 4 nitrogen and oxygen atoms in total. The summed E-state index contributed by atoms with van der Waals surface area (Å²) in [5.41, 5.74) is 5.95. The topological polar surface area (TPSA) is 55.6 Å². The molecular weight excluding hydrogens is 228 g/mol. The number of ether oxygens (including phenoxy) is 1. The van der Waals surface area contributed by atoms with E-state index >= 15 is 0 Å². The molecule has 1 fully saturated rings. The summed E-state index contributed by atoms with van der Waals surface area (Å²) in [5.74, 6) is 0.197. The molecule has 0 atom stereocenters. The van der Waals surface area contributed by atoms with Crippen LogP contribution in [0, 0.1) is 0 Å². The molecule has 0 unspecified atom stereocenters. The van der Waals surface area contributed by atoms with Crippen LogP contribution in [0.5, 0.6) is 0 Å². The lowest BCUT2D eigenvalue weighted by molar-refractivity contribution is -0.136. The van der Waals surface area contributed by atoms with Crippen molar-refractivity contribution in [3.05, 3.63) is 0 Å². The summed E-state index contributed by atoms with van der Waals surface area (Å²) in [7, 11) is 1.67. The highest BCUT2D eigenvalue weighted by Gasteiger charge is 2.36. The Labute approximate surface area is 111 Å². The fourth-order valence-corrected chi connectivity index (χ4v) is 2.64. The Balaban J connectivity index is 2.59. The number of amides is 1. The molecule has 0 heterocycles. The first-order chi connectivity index (χ1) is 8.56. The molecule has 2 N–H and O–H groups in total. The molecule has 0 bridgehead atoms. The number of nitrogens with two attached hydrogens (primary N) is 1. The maximum atomic E-state index is 12.4. The molecule has 1 aliphatic rings. The van der Waals surface area contributed by atoms with E-state index in [2.05, 4.69) is 13.8 Å². The Morgan fingerprint density at radius 3 is 2.39 bits per heavy atom. The first-order valence-corrected chi connectivity index (χ1v) is 7.13. The molecule has 0 aromatic rings. The number of nitrogens with zero attached hydrogens (tertiary/aromatic N) is 1. The maximum Gasteiger partial charge on any atom is 0.224 e. The summed E-state index contributed by atoms with van der Waals surface area (Å²) < 4.78 is 5.11. The number of carbonyl (C=O) groups excluding carboxylic acids is 1. The van der Waals surface area contributed by atoms with Crippen molar-refractivity contribution in [1.29, 1.82) is 0 Å². The van der Waals surface area contributed by atoms with Crippen molar-refractivity contribution in [3.8, 4) is 0 Å². The van der Waals surface area contributed by atoms with Gasteiger partial charge in [-0.3, -0.25) is 4.79 Å². The van der Waals surface area contributed by atoms with Crippen LogP contribution >= 0.6 is 0 Å². The molecule has 0 saturated heterocycles. The van der Waals surface area contributed by atoms with Crippen molar-refractivity contribution in [2.75, 3.05) is 20.3 Å². The van der Waals surface area contributed by atoms with Crippen molar-refractivity contribution in [2.24, 2.45) is 5.73 Å². The molecule has 106 valence electrons. The van der Waals surface area contributed by atoms with Gasteiger partial charge in [-0.1, -0.05) is 13.8 Å². The van der Waals surface area contributed by atoms with Crippen LogP contribution in [0.4, 0.5) is 0 Å². The van der Waals surface area contributed by atoms with Crippen LogP contribution in [-0.4, -0.2) is 42.6 Å². The molecule has 18 heavy (non-hydrogen) atoms. The maximum absolute atomic E-state index is 12.4. The van der Waals surface area contributed by atoms with E-state index < -0.39 is 0 Å². The second-order valence-electron chi connectivity index (χ2n) is 5.44. The molecule has 1 rings (SSSR count). The predicted molar refractivity (Wildman–Crippen MR) is 73.3 cm³/mol. The van der Waals surface area contributed by atoms with Crippen molar-refractivity contribution in [1.82, 2.24) is 4.90 Å². The van der Waals surface area contributed by atoms with E-state index in [9.17, 15) is 4.79 Å². The van der Waals surface area contributed by atoms with Gasteiger partial charge in [0.25, 0.3) is 0 Å². The van der Waals surface area contributed by atoms with Gasteiger partial charge in [0.2, 0.25) is 5.91 Å². The highest BCUT2D eigenvalue weighted by atomic mass is 16.5. The van der Waals surface area contributed by atoms with E-state index in [1.54, 1.807) is 7.11 Å². The van der Waals surface area contributed by atoms with Gasteiger partial charge in [-0.25, -0.2) is 0 Å². The second-order valence-corrected chi connectivity index (χ2v) is 5.44. The predicted octanol–water partition coefficient (Wildman–Crippen LogP) is 1.92. The first kappa shape index (κ1) is 15.4. The van der Waals surface area contributed by atoms with Gasteiger partial charge in [-0.15, -0.1) is 0 Å². The Morgan fingerprint density at radius 1 is 1.39 bits per heavy atom. The molecule has 0 aliphatic heterocycles. The van der Waals surface area contributed by atoms with Crippen LogP contribution in [0.3, 0.4) is 0 Å². The summed E-state index contributed by atoms with van der Waals surface area (Å²) in [5, 5.41) is 0. The molecule has 0 radical (unpaired) electrons. The highest BCUT2D eigenvalue weighted by Crippen LogP contribution is 2.33. The molecule has 1 saturated carbocycles. The highest BCUT2D eigenvalue weighted by molar-refractivity contribution is 5.78. The van der Waals surface area contributed by atoms with Crippen molar-refractivity contribution in [3.63, 3.8) is 0 Å². The fourth-order valence-electron chi connectivity index (χ4n) is 2.64. The fraction of sp³-hybridized carbons (Fsp3) is 0.929. The van der Waals surface area contributed by atoms with Gasteiger partial charge < -0.3 is 15.4 Å². The minimum absolute atomic E-state index is 0.197. The molecule has 4 heteroatoms. The standard InChI is InChI=1S/C14H28N2O2/c1-4-12(5-2)16(9-10-18-3)13(17)11-14(15)7-6-8-14/h12H,4-11,15H2,1-3H3. The summed E-state index contributed by atoms with van der Waals surface area (Å²) in [4.78, 5) is 14.4. The average molecular weight is 256 g/mol. The molecule has 1 aliphatic carbocycles. The van der Waals surface area contributed by atoms with Crippen LogP contribution in [0.25, 0.3) is 0 Å². The minimum Gasteiger partial charge on any atom is -0.383 e. The quantitative estimate of drug-likeness (QED) is 0.722. The lowest BCUT2D eigenvalue weighted by Crippen LogP contribution is -2.52. The smallest absolute Gasteiger partial charge is 0.224 e. The van der Waals surface area contributed by atoms with E-state index in [0.29, 0.717) is 25.6 Å². The monoisotopic (exact) mass is 256 g/mol. The van der Waals surface area contributed by atoms with Crippen molar-refractivity contribution < 1.29 is 9.53 Å². The van der Waals surface area contributed by atoms with Crippen LogP contribution in [-0.2, 0) is 9.53 Å². The van der Waals surface area contributed by atoms with Gasteiger partial charge in [0.1, 0.15) is 0 Å². The summed E-state index contributed by atoms with van der Waals surface area (Å²) in [6.45, 7) is 5.53. The van der Waals surface area contributed by atoms with Gasteiger partial charge in [0.05, 0.1) is 6.61 Å². The van der Waals surface area contributed by atoms with E-state index in [0.717, 1.165) is 32.1 Å². The minimum atomic E-state index is -0.228. The summed E-state index contributed by atoms with van der Waals surface area (Å²) in [6.07, 6.45) is 5.60. The first-order valence-electron chi connectivity index (χ1n) is 7.13. The van der Waals surface area contributed by atoms with Crippen LogP contribution in [0.1, 0.15) is 52.4 Å². The number of rotatable bonds is 8. The molecule has 0 aromatic carbocycles. The zero-order valence-electron chi connectivity index (χ0n) is 12.1. The van der Waals surface area contributed by atoms with E-state index in [4.69, 9.17) is 10.5 Å². The number of hydrogen-bond donors (Lipinski definition) is 1. The van der Waals surface area contributed by atoms with Gasteiger partial charge in [0, 0.05) is 31.7 Å². The van der Waals surface area contributed by atoms with Crippen LogP contribution in [0.15, 0.2) is 0 Å². The normalized spacial score (nSPS) is 17.6. The van der Waals surface area contributed by atoms with Gasteiger partial charge in [0.15, 0.2) is 0 Å². The third kappa shape index (κ3) is 3.95. The van der Waals surface area contributed by atoms with Crippen LogP contribution < -0.4 is 5.73 Å². The number of hydrogen-bond acceptors (Lipinski definition) is 3. The SMILES string of the molecule is CCC(CC)N(CCOC)C(=O)CC1(N)CCC1. The zero-order valence-corrected chi connectivity index (χ0v) is 12.1. The van der Waals surface area contributed by atoms with Crippen LogP contribution in [0.2, 0.25) is 0 Å². The largest absolute Gasteiger partial charge is 0.383 e. The lowest BCUT2D eigenvalue weighted by Gasteiger charge is -2.40. The molecule has 0 aromatic heterocycles. The summed E-state index contributed by atoms with van der Waals surface area (Å²) >= 11 is 0. The van der Waals surface area contributed by atoms with Gasteiger partial charge in [-0.05, 0) is 32.1 Å². The molecule has 0 spiro atoms. The lowest BCUT2D eigenvalue weighted by atomic mass is 9.75. The average Bonchev–Trinajstić information content (AvgIpc) is 2.32. The van der Waals surface area contributed by atoms with Gasteiger partial charge in [-0.2, -0.15) is 0 Å². The number of methoxy groups -OCH3 is 1. The third-order valence-electron chi connectivity index (χ3n) is 4.09. The van der Waals surface area contributed by atoms with E-state index in [-0.39, 0.29) is 11.4 Å². The van der Waals surface area contributed by atoms with E-state index in [1.165, 1.54) is 0 Å². The Kier molecular flexibility index (Phi) is 6.09. The van der Waals surface area contributed by atoms with E-state index in [1.807, 2.05) is 4.90 Å². The van der Waals surface area contributed by atoms with Crippen molar-refractivity contribution in [2.45, 2.75) is 64.0 Å². The Hall–Kier alpha value is -0.610. The second kappa shape index (κ2) is 7.10. The Morgan fingerprint density at radius 2 is 2.00 bits per heavy atom. The number of carbonyl (C=O) groups is 1. The third-order valence-corrected chi connectivity index (χ3v) is 4.09. The molecular formula is C14H28N2O2.